The topological polar surface area (TPSA) is 86.6 Å². The molecule has 4 saturated heterocycles. The molecule has 6 heterocycles. The van der Waals surface area contributed by atoms with E-state index in [2.05, 4.69) is 34.2 Å². The third-order valence-corrected chi connectivity index (χ3v) is 9.71. The fourth-order valence-electron chi connectivity index (χ4n) is 7.85. The van der Waals surface area contributed by atoms with Crippen molar-refractivity contribution in [2.45, 2.75) is 62.8 Å². The Hall–Kier alpha value is -3.56. The van der Waals surface area contributed by atoms with Crippen LogP contribution in [0.1, 0.15) is 37.7 Å². The molecule has 4 aliphatic heterocycles. The number of phenolic OH excluding ortho intramolecular Hbond substituents is 1. The zero-order chi connectivity index (χ0) is 27.7. The van der Waals surface area contributed by atoms with E-state index in [-0.39, 0.29) is 11.3 Å². The molecule has 2 bridgehead atoms. The molecule has 2 aromatic carbocycles. The highest BCUT2D eigenvalue weighted by molar-refractivity contribution is 6.00. The minimum atomic E-state index is -0.812. The molecule has 212 valence electrons. The minimum absolute atomic E-state index is 0.201. The maximum Gasteiger partial charge on any atom is 0.320 e. The van der Waals surface area contributed by atoms with Crippen molar-refractivity contribution < 1.29 is 14.2 Å². The van der Waals surface area contributed by atoms with E-state index in [0.717, 1.165) is 71.3 Å². The van der Waals surface area contributed by atoms with Gasteiger partial charge in [0.25, 0.3) is 0 Å². The summed E-state index contributed by atoms with van der Waals surface area (Å²) < 4.78 is 20.8. The molecule has 2 N–H and O–H groups in total. The second-order valence-electron chi connectivity index (χ2n) is 12.5. The Balaban J connectivity index is 1.23. The number of aryl methyl sites for hydroxylation is 1. The van der Waals surface area contributed by atoms with Crippen LogP contribution in [0, 0.1) is 6.92 Å². The summed E-state index contributed by atoms with van der Waals surface area (Å²) in [6.07, 6.45) is 4.02. The van der Waals surface area contributed by atoms with Crippen LogP contribution in [0.4, 0.5) is 10.2 Å². The van der Waals surface area contributed by atoms with Crippen LogP contribution >= 0.6 is 0 Å². The van der Waals surface area contributed by atoms with Crippen LogP contribution < -0.4 is 15.0 Å². The first-order valence-electron chi connectivity index (χ1n) is 14.9. The number of ether oxygens (including phenoxy) is 1. The van der Waals surface area contributed by atoms with Gasteiger partial charge in [-0.15, -0.1) is 0 Å². The predicted octanol–water partition coefficient (Wildman–Crippen LogP) is 4.75. The first-order valence-corrected chi connectivity index (χ1v) is 14.9. The van der Waals surface area contributed by atoms with Crippen molar-refractivity contribution in [3.05, 3.63) is 48.0 Å². The normalized spacial score (nSPS) is 27.7. The molecule has 3 unspecified atom stereocenters. The van der Waals surface area contributed by atoms with Crippen LogP contribution in [0.2, 0.25) is 0 Å². The molecule has 0 saturated carbocycles. The molecule has 8 rings (SSSR count). The molecule has 4 atom stereocenters. The summed E-state index contributed by atoms with van der Waals surface area (Å²) >= 11 is 0. The van der Waals surface area contributed by atoms with E-state index in [9.17, 15) is 9.50 Å². The van der Waals surface area contributed by atoms with Gasteiger partial charge in [0.1, 0.15) is 24.3 Å². The lowest BCUT2D eigenvalue weighted by atomic mass is 9.95. The van der Waals surface area contributed by atoms with Crippen molar-refractivity contribution in [1.29, 1.82) is 0 Å². The highest BCUT2D eigenvalue weighted by Gasteiger charge is 2.49. The van der Waals surface area contributed by atoms with Gasteiger partial charge in [-0.2, -0.15) is 9.97 Å². The van der Waals surface area contributed by atoms with Crippen molar-refractivity contribution in [2.24, 2.45) is 0 Å². The molecule has 4 aliphatic rings. The molecule has 8 nitrogen and oxygen atoms in total. The lowest BCUT2D eigenvalue weighted by molar-refractivity contribution is 0.107. The number of alkyl halides is 1. The monoisotopic (exact) mass is 554 g/mol. The average Bonchev–Trinajstić information content (AvgIpc) is 3.61. The zero-order valence-corrected chi connectivity index (χ0v) is 23.3. The van der Waals surface area contributed by atoms with Crippen molar-refractivity contribution in [2.75, 3.05) is 37.7 Å². The summed E-state index contributed by atoms with van der Waals surface area (Å²) in [5.74, 6) is 1.04. The zero-order valence-electron chi connectivity index (χ0n) is 23.3. The summed E-state index contributed by atoms with van der Waals surface area (Å²) in [4.78, 5) is 19.4. The molecule has 0 amide bonds. The van der Waals surface area contributed by atoms with Gasteiger partial charge in [0, 0.05) is 43.7 Å². The number of piperazine rings is 1. The minimum Gasteiger partial charge on any atom is -0.508 e. The molecular weight excluding hydrogens is 519 g/mol. The second kappa shape index (κ2) is 9.49. The molecule has 0 aliphatic carbocycles. The van der Waals surface area contributed by atoms with E-state index in [0.29, 0.717) is 43.3 Å². The van der Waals surface area contributed by atoms with E-state index in [1.54, 1.807) is 12.1 Å². The van der Waals surface area contributed by atoms with Gasteiger partial charge in [-0.1, -0.05) is 18.2 Å². The van der Waals surface area contributed by atoms with Crippen molar-refractivity contribution in [3.8, 4) is 23.0 Å². The van der Waals surface area contributed by atoms with Gasteiger partial charge in [-0.25, -0.2) is 9.37 Å². The van der Waals surface area contributed by atoms with Gasteiger partial charge in [-0.3, -0.25) is 4.90 Å². The Kier molecular flexibility index (Phi) is 5.83. The number of rotatable bonds is 5. The molecule has 4 aromatic rings. The Morgan fingerprint density at radius 3 is 2.78 bits per heavy atom. The molecule has 4 fully saturated rings. The second-order valence-corrected chi connectivity index (χ2v) is 12.5. The predicted molar refractivity (Wildman–Crippen MR) is 157 cm³/mol. The summed E-state index contributed by atoms with van der Waals surface area (Å²) in [6, 6.07) is 14.9. The van der Waals surface area contributed by atoms with E-state index < -0.39 is 6.17 Å². The number of halogens is 1. The van der Waals surface area contributed by atoms with Gasteiger partial charge >= 0.3 is 6.01 Å². The number of aromatic nitrogens is 3. The molecule has 0 radical (unpaired) electrons. The van der Waals surface area contributed by atoms with Gasteiger partial charge in [-0.05, 0) is 79.8 Å². The standard InChI is InChI=1S/C32H35FN6O2/c1-19-4-2-5-20-12-24(40)13-26(28(19)20)27-9-8-25-29(35-27)36-31(37-30(25)38-16-22-6-7-23(17-38)34-22)41-18-32-10-3-11-39(32)15-21(33)14-32/h2,4-5,8-9,12-13,21-23,34,40H,3,6-7,10-11,14-18H2,1H3/t21-,22?,23?,32?/m1/s1. The Morgan fingerprint density at radius 2 is 1.93 bits per heavy atom. The van der Waals surface area contributed by atoms with E-state index in [1.807, 2.05) is 18.2 Å². The Bertz CT molecular complexity index is 1650. The van der Waals surface area contributed by atoms with Gasteiger partial charge in [0.2, 0.25) is 0 Å². The Labute approximate surface area is 238 Å². The number of anilines is 1. The number of fused-ring (bicyclic) bond motifs is 5. The van der Waals surface area contributed by atoms with Gasteiger partial charge in [0.05, 0.1) is 16.6 Å². The lowest BCUT2D eigenvalue weighted by Crippen LogP contribution is -2.51. The largest absolute Gasteiger partial charge is 0.508 e. The number of hydrogen-bond donors (Lipinski definition) is 2. The Morgan fingerprint density at radius 1 is 1.07 bits per heavy atom. The third-order valence-electron chi connectivity index (χ3n) is 9.71. The number of nitrogens with zero attached hydrogens (tertiary/aromatic N) is 5. The third kappa shape index (κ3) is 4.28. The number of pyridine rings is 1. The van der Waals surface area contributed by atoms with Crippen LogP contribution in [0.3, 0.4) is 0 Å². The fourth-order valence-corrected chi connectivity index (χ4v) is 7.85. The first-order chi connectivity index (χ1) is 19.9. The highest BCUT2D eigenvalue weighted by atomic mass is 19.1. The maximum absolute atomic E-state index is 14.4. The van der Waals surface area contributed by atoms with Crippen molar-refractivity contribution >= 4 is 27.6 Å². The van der Waals surface area contributed by atoms with Gasteiger partial charge in [0.15, 0.2) is 5.65 Å². The highest BCUT2D eigenvalue weighted by Crippen LogP contribution is 2.41. The van der Waals surface area contributed by atoms with Crippen LogP contribution in [-0.2, 0) is 0 Å². The summed E-state index contributed by atoms with van der Waals surface area (Å²) in [6.45, 7) is 5.61. The van der Waals surface area contributed by atoms with Gasteiger partial charge < -0.3 is 20.1 Å². The SMILES string of the molecule is Cc1cccc2cc(O)cc(-c3ccc4c(N5CC6CCC(C5)N6)nc(OCC56CCCN5C[C@H](F)C6)nc4n3)c12. The number of aromatic hydroxyl groups is 1. The van der Waals surface area contributed by atoms with E-state index >= 15 is 0 Å². The summed E-state index contributed by atoms with van der Waals surface area (Å²) in [7, 11) is 0. The van der Waals surface area contributed by atoms with Crippen LogP contribution in [0.15, 0.2) is 42.5 Å². The number of hydrogen-bond acceptors (Lipinski definition) is 8. The van der Waals surface area contributed by atoms with Crippen molar-refractivity contribution in [1.82, 2.24) is 25.2 Å². The van der Waals surface area contributed by atoms with E-state index in [1.165, 1.54) is 12.8 Å². The molecule has 41 heavy (non-hydrogen) atoms. The van der Waals surface area contributed by atoms with Crippen LogP contribution in [-0.4, -0.2) is 81.5 Å². The van der Waals surface area contributed by atoms with Crippen LogP contribution in [0.5, 0.6) is 11.8 Å². The molecule has 2 aromatic heterocycles. The number of phenols is 1. The van der Waals surface area contributed by atoms with Crippen molar-refractivity contribution in [3.63, 3.8) is 0 Å². The first kappa shape index (κ1) is 25.2. The fraction of sp³-hybridized carbons (Fsp3) is 0.469. The smallest absolute Gasteiger partial charge is 0.320 e. The molecular formula is C32H35FN6O2. The van der Waals surface area contributed by atoms with E-state index in [4.69, 9.17) is 19.7 Å². The molecule has 0 spiro atoms. The average molecular weight is 555 g/mol. The van der Waals surface area contributed by atoms with Crippen LogP contribution in [0.25, 0.3) is 33.1 Å². The summed E-state index contributed by atoms with van der Waals surface area (Å²) in [5.41, 5.74) is 3.00. The number of nitrogens with one attached hydrogen (secondary N) is 1. The number of benzene rings is 2. The molecule has 9 heteroatoms. The lowest BCUT2D eigenvalue weighted by Gasteiger charge is -2.34. The maximum atomic E-state index is 14.4. The summed E-state index contributed by atoms with van der Waals surface area (Å²) in [5, 5.41) is 17.2. The quantitative estimate of drug-likeness (QED) is 0.366.